The highest BCUT2D eigenvalue weighted by Gasteiger charge is 2.20. The number of rotatable bonds is 9. The Morgan fingerprint density at radius 3 is 2.45 bits per heavy atom. The van der Waals surface area contributed by atoms with E-state index >= 15 is 0 Å². The molecule has 0 atom stereocenters. The fraction of sp³-hybridized carbons (Fsp3) is 0.192. The predicted octanol–water partition coefficient (Wildman–Crippen LogP) is 3.59. The predicted molar refractivity (Wildman–Crippen MR) is 148 cm³/mol. The van der Waals surface area contributed by atoms with Gasteiger partial charge >= 0.3 is 12.1 Å². The second-order valence-corrected chi connectivity index (χ2v) is 8.67. The fourth-order valence-electron chi connectivity index (χ4n) is 4.20. The number of nitrogens with zero attached hydrogens (tertiary/aromatic N) is 6. The molecular formula is C26H25N9O7. The first-order chi connectivity index (χ1) is 20.3. The number of methoxy groups -OCH3 is 3. The zero-order valence-electron chi connectivity index (χ0n) is 22.8. The Balaban J connectivity index is 1.40. The van der Waals surface area contributed by atoms with Crippen LogP contribution in [0.4, 0.5) is 21.0 Å². The van der Waals surface area contributed by atoms with Crippen molar-refractivity contribution in [2.45, 2.75) is 13.5 Å². The number of nitrogens with one attached hydrogen (secondary N) is 3. The number of hydrogen-bond acceptors (Lipinski definition) is 11. The van der Waals surface area contributed by atoms with Crippen molar-refractivity contribution in [1.82, 2.24) is 35.0 Å². The van der Waals surface area contributed by atoms with Gasteiger partial charge in [-0.2, -0.15) is 10.1 Å². The number of ether oxygens (including phenoxy) is 3. The normalized spacial score (nSPS) is 10.8. The van der Waals surface area contributed by atoms with Crippen LogP contribution in [0.1, 0.15) is 11.5 Å². The number of urea groups is 1. The smallest absolute Gasteiger partial charge is 0.405 e. The Kier molecular flexibility index (Phi) is 7.67. The molecule has 5 aromatic rings. The third kappa shape index (κ3) is 5.53. The second-order valence-electron chi connectivity index (χ2n) is 8.67. The molecule has 0 aliphatic carbocycles. The van der Waals surface area contributed by atoms with E-state index in [2.05, 4.69) is 41.2 Å². The quantitative estimate of drug-likeness (QED) is 0.199. The zero-order chi connectivity index (χ0) is 29.8. The van der Waals surface area contributed by atoms with Gasteiger partial charge in [0.15, 0.2) is 17.1 Å². The molecule has 16 nitrogen and oxygen atoms in total. The van der Waals surface area contributed by atoms with E-state index in [-0.39, 0.29) is 18.3 Å². The maximum Gasteiger partial charge on any atom is 0.405 e. The van der Waals surface area contributed by atoms with Gasteiger partial charge in [-0.15, -0.1) is 0 Å². The Labute approximate surface area is 237 Å². The number of carboxylic acid groups (broad SMARTS) is 1. The molecule has 0 saturated heterocycles. The Morgan fingerprint density at radius 1 is 1.02 bits per heavy atom. The van der Waals surface area contributed by atoms with E-state index in [4.69, 9.17) is 23.8 Å². The topological polar surface area (TPSA) is 200 Å². The summed E-state index contributed by atoms with van der Waals surface area (Å²) in [6.45, 7) is 1.62. The van der Waals surface area contributed by atoms with E-state index in [1.807, 2.05) is 0 Å². The fourth-order valence-corrected chi connectivity index (χ4v) is 4.20. The molecule has 4 N–H and O–H groups in total. The first-order valence-electron chi connectivity index (χ1n) is 12.3. The highest BCUT2D eigenvalue weighted by molar-refractivity contribution is 6.02. The van der Waals surface area contributed by atoms with Gasteiger partial charge in [0.1, 0.15) is 12.2 Å². The maximum atomic E-state index is 13.1. The standard InChI is InChI=1S/C26H25N9O7/c1-13-7-15(10-28-21(13)24-33-20(42-34-24)12-29-26(37)38)31-25(36)32-16-11-27-19-5-6-30-35(19)22(16)14-8-17(39-2)23(41-4)18(9-14)40-3/h5-11,29H,12H2,1-4H3,(H,37,38)(H2,31,32,36). The first-order valence-corrected chi connectivity index (χ1v) is 12.3. The van der Waals surface area contributed by atoms with Gasteiger partial charge in [0.05, 0.1) is 57.0 Å². The summed E-state index contributed by atoms with van der Waals surface area (Å²) in [7, 11) is 4.54. The van der Waals surface area contributed by atoms with Crippen molar-refractivity contribution in [2.24, 2.45) is 0 Å². The van der Waals surface area contributed by atoms with Crippen LogP contribution in [0.15, 0.2) is 47.4 Å². The number of carbonyl (C=O) groups excluding carboxylic acids is 1. The summed E-state index contributed by atoms with van der Waals surface area (Å²) in [6.07, 6.45) is 3.34. The van der Waals surface area contributed by atoms with Crippen molar-refractivity contribution >= 4 is 29.1 Å². The summed E-state index contributed by atoms with van der Waals surface area (Å²) in [6, 6.07) is 6.34. The van der Waals surface area contributed by atoms with Crippen LogP contribution >= 0.6 is 0 Å². The van der Waals surface area contributed by atoms with Crippen molar-refractivity contribution in [3.8, 4) is 40.0 Å². The van der Waals surface area contributed by atoms with Crippen molar-refractivity contribution in [3.63, 3.8) is 0 Å². The third-order valence-corrected chi connectivity index (χ3v) is 6.01. The molecule has 0 spiro atoms. The van der Waals surface area contributed by atoms with Crippen LogP contribution in [-0.4, -0.2) is 68.3 Å². The minimum Gasteiger partial charge on any atom is -0.493 e. The lowest BCUT2D eigenvalue weighted by atomic mass is 10.1. The van der Waals surface area contributed by atoms with E-state index in [1.165, 1.54) is 33.7 Å². The summed E-state index contributed by atoms with van der Waals surface area (Å²) < 4.78 is 23.1. The SMILES string of the molecule is COc1cc(-c2c(NC(=O)Nc3cnc(-c4noc(CNC(=O)O)n4)c(C)c3)cnc3ccnn23)cc(OC)c1OC. The second kappa shape index (κ2) is 11.7. The number of fused-ring (bicyclic) bond motifs is 1. The van der Waals surface area contributed by atoms with E-state index in [9.17, 15) is 9.59 Å². The lowest BCUT2D eigenvalue weighted by molar-refractivity contribution is 0.192. The molecule has 16 heteroatoms. The minimum atomic E-state index is -1.21. The molecule has 0 aliphatic heterocycles. The zero-order valence-corrected chi connectivity index (χ0v) is 22.8. The van der Waals surface area contributed by atoms with Crippen molar-refractivity contribution in [1.29, 1.82) is 0 Å². The molecule has 4 heterocycles. The van der Waals surface area contributed by atoms with Crippen molar-refractivity contribution < 1.29 is 33.4 Å². The molecule has 0 radical (unpaired) electrons. The van der Waals surface area contributed by atoms with Gasteiger partial charge in [0.25, 0.3) is 0 Å². The number of benzene rings is 1. The van der Waals surface area contributed by atoms with Gasteiger partial charge in [0, 0.05) is 11.6 Å². The van der Waals surface area contributed by atoms with E-state index < -0.39 is 12.1 Å². The number of hydrogen-bond donors (Lipinski definition) is 4. The van der Waals surface area contributed by atoms with Crippen LogP contribution in [0.5, 0.6) is 17.2 Å². The lowest BCUT2D eigenvalue weighted by Crippen LogP contribution is -2.21. The number of aryl methyl sites for hydroxylation is 1. The number of carbonyl (C=O) groups is 2. The molecule has 0 fully saturated rings. The van der Waals surface area contributed by atoms with Gasteiger partial charge in [0.2, 0.25) is 17.5 Å². The van der Waals surface area contributed by atoms with Crippen molar-refractivity contribution in [2.75, 3.05) is 32.0 Å². The summed E-state index contributed by atoms with van der Waals surface area (Å²) in [4.78, 5) is 36.7. The molecule has 42 heavy (non-hydrogen) atoms. The molecule has 0 saturated carbocycles. The highest BCUT2D eigenvalue weighted by Crippen LogP contribution is 2.42. The van der Waals surface area contributed by atoms with E-state index in [0.29, 0.717) is 56.8 Å². The Morgan fingerprint density at radius 2 is 1.79 bits per heavy atom. The van der Waals surface area contributed by atoms with Crippen LogP contribution < -0.4 is 30.2 Å². The van der Waals surface area contributed by atoms with E-state index in [1.54, 1.807) is 41.9 Å². The molecule has 216 valence electrons. The summed E-state index contributed by atoms with van der Waals surface area (Å²) >= 11 is 0. The maximum absolute atomic E-state index is 13.1. The number of amides is 3. The van der Waals surface area contributed by atoms with Crippen LogP contribution in [-0.2, 0) is 6.54 Å². The molecule has 0 unspecified atom stereocenters. The van der Waals surface area contributed by atoms with Crippen LogP contribution in [0.3, 0.4) is 0 Å². The lowest BCUT2D eigenvalue weighted by Gasteiger charge is -2.17. The average Bonchev–Trinajstić information content (AvgIpc) is 3.65. The van der Waals surface area contributed by atoms with Gasteiger partial charge in [-0.25, -0.2) is 19.1 Å². The van der Waals surface area contributed by atoms with E-state index in [0.717, 1.165) is 0 Å². The molecule has 0 aliphatic rings. The Hall–Kier alpha value is -5.93. The van der Waals surface area contributed by atoms with Gasteiger partial charge < -0.3 is 39.8 Å². The summed E-state index contributed by atoms with van der Waals surface area (Å²) in [5.74, 6) is 1.53. The minimum absolute atomic E-state index is 0.0841. The molecule has 5 rings (SSSR count). The molecule has 1 aromatic carbocycles. The third-order valence-electron chi connectivity index (χ3n) is 6.01. The van der Waals surface area contributed by atoms with Gasteiger partial charge in [-0.3, -0.25) is 4.98 Å². The number of anilines is 2. The van der Waals surface area contributed by atoms with Crippen LogP contribution in [0, 0.1) is 6.92 Å². The van der Waals surface area contributed by atoms with Crippen LogP contribution in [0.2, 0.25) is 0 Å². The molecule has 4 aromatic heterocycles. The van der Waals surface area contributed by atoms with Crippen molar-refractivity contribution in [3.05, 3.63) is 54.3 Å². The highest BCUT2D eigenvalue weighted by atomic mass is 16.5. The first kappa shape index (κ1) is 27.6. The number of pyridine rings is 1. The van der Waals surface area contributed by atoms with Gasteiger partial charge in [-0.1, -0.05) is 5.16 Å². The number of aromatic nitrogens is 6. The molecule has 3 amide bonds. The average molecular weight is 576 g/mol. The van der Waals surface area contributed by atoms with Crippen LogP contribution in [0.25, 0.3) is 28.4 Å². The molecule has 0 bridgehead atoms. The Bertz CT molecular complexity index is 1760. The summed E-state index contributed by atoms with van der Waals surface area (Å²) in [5, 5.41) is 24.7. The monoisotopic (exact) mass is 575 g/mol. The largest absolute Gasteiger partial charge is 0.493 e. The summed E-state index contributed by atoms with van der Waals surface area (Å²) in [5.41, 5.74) is 3.50. The van der Waals surface area contributed by atoms with Gasteiger partial charge in [-0.05, 0) is 30.7 Å². The molecular weight excluding hydrogens is 550 g/mol.